The van der Waals surface area contributed by atoms with Gasteiger partial charge in [-0.3, -0.25) is 0 Å². The maximum Gasteiger partial charge on any atom is 0.141 e. The fraction of sp³-hybridized carbons (Fsp3) is 0.200. The van der Waals surface area contributed by atoms with Crippen LogP contribution >= 0.6 is 93.1 Å². The molecule has 43 heavy (non-hydrogen) atoms. The molecule has 0 saturated heterocycles. The minimum atomic E-state index is 0. The molecule has 4 heterocycles. The summed E-state index contributed by atoms with van der Waals surface area (Å²) in [5, 5.41) is 9.99. The summed E-state index contributed by atoms with van der Waals surface area (Å²) in [4.78, 5) is 18.4. The van der Waals surface area contributed by atoms with Gasteiger partial charge in [-0.25, -0.2) is 19.9 Å². The third-order valence-electron chi connectivity index (χ3n) is 5.59. The summed E-state index contributed by atoms with van der Waals surface area (Å²) in [5.41, 5.74) is 8.05. The maximum atomic E-state index is 5.75. The van der Waals surface area contributed by atoms with Crippen LogP contribution in [0.4, 0.5) is 5.82 Å². The lowest BCUT2D eigenvalue weighted by molar-refractivity contribution is 0.818. The Kier molecular flexibility index (Phi) is 19.5. The van der Waals surface area contributed by atoms with E-state index in [4.69, 9.17) is 17.3 Å². The molecule has 0 unspecified atom stereocenters. The molecule has 0 radical (unpaired) electrons. The average molecular weight is 805 g/mol. The van der Waals surface area contributed by atoms with Crippen LogP contribution in [0.5, 0.6) is 0 Å². The molecule has 6 nitrogen and oxygen atoms in total. The number of aromatic nitrogens is 4. The van der Waals surface area contributed by atoms with Gasteiger partial charge in [0.15, 0.2) is 0 Å². The van der Waals surface area contributed by atoms with Crippen molar-refractivity contribution >= 4 is 119 Å². The number of nitrogens with one attached hydrogen (secondary N) is 1. The lowest BCUT2D eigenvalue weighted by Crippen LogP contribution is -2.08. The van der Waals surface area contributed by atoms with Gasteiger partial charge in [0.2, 0.25) is 0 Å². The average Bonchev–Trinajstić information content (AvgIpc) is 3.61. The van der Waals surface area contributed by atoms with Gasteiger partial charge in [-0.1, -0.05) is 82.6 Å². The molecular weight excluding hydrogens is 768 g/mol. The van der Waals surface area contributed by atoms with Crippen molar-refractivity contribution in [1.82, 2.24) is 19.9 Å². The van der Waals surface area contributed by atoms with Crippen molar-refractivity contribution in [3.63, 3.8) is 0 Å². The number of nitrogens with two attached hydrogens (primary N) is 1. The number of halogens is 3. The Hall–Kier alpha value is -1.77. The summed E-state index contributed by atoms with van der Waals surface area (Å²) in [7, 11) is 0. The second-order valence-electron chi connectivity index (χ2n) is 8.42. The normalized spacial score (nSPS) is 11.0. The maximum absolute atomic E-state index is 5.75. The highest BCUT2D eigenvalue weighted by molar-refractivity contribution is 9.10. The summed E-state index contributed by atoms with van der Waals surface area (Å²) in [6.07, 6.45) is 3.08. The van der Waals surface area contributed by atoms with E-state index in [0.29, 0.717) is 5.15 Å². The number of thiophene rings is 2. The molecule has 0 fully saturated rings. The van der Waals surface area contributed by atoms with Crippen LogP contribution in [0.3, 0.4) is 0 Å². The zero-order valence-electron chi connectivity index (χ0n) is 22.1. The van der Waals surface area contributed by atoms with Crippen LogP contribution in [-0.2, 0) is 0 Å². The van der Waals surface area contributed by atoms with E-state index in [1.54, 1.807) is 29.0 Å². The quantitative estimate of drug-likeness (QED) is 0.173. The van der Waals surface area contributed by atoms with Gasteiger partial charge in [-0.15, -0.1) is 22.7 Å². The van der Waals surface area contributed by atoms with Gasteiger partial charge < -0.3 is 11.1 Å². The van der Waals surface area contributed by atoms with Crippen molar-refractivity contribution in [1.29, 1.82) is 0 Å². The van der Waals surface area contributed by atoms with Gasteiger partial charge in [0, 0.05) is 26.4 Å². The zero-order valence-corrected chi connectivity index (χ0v) is 29.6. The van der Waals surface area contributed by atoms with Crippen molar-refractivity contribution < 1.29 is 0 Å². The van der Waals surface area contributed by atoms with Gasteiger partial charge in [-0.2, -0.15) is 27.0 Å². The van der Waals surface area contributed by atoms with E-state index in [0.717, 1.165) is 35.2 Å². The third kappa shape index (κ3) is 11.9. The number of hydrogen-bond acceptors (Lipinski definition) is 8. The molecule has 6 aromatic rings. The summed E-state index contributed by atoms with van der Waals surface area (Å²) >= 11 is 15.8. The molecule has 0 aliphatic carbocycles. The first-order valence-corrected chi connectivity index (χ1v) is 15.6. The molecule has 6 rings (SSSR count). The second-order valence-corrected chi connectivity index (χ2v) is 12.4. The number of fused-ring (bicyclic) bond motifs is 2. The fourth-order valence-electron chi connectivity index (χ4n) is 3.47. The Morgan fingerprint density at radius 3 is 1.67 bits per heavy atom. The van der Waals surface area contributed by atoms with E-state index in [1.807, 2.05) is 60.1 Å². The highest BCUT2D eigenvalue weighted by Gasteiger charge is 2.09. The van der Waals surface area contributed by atoms with E-state index < -0.39 is 0 Å². The third-order valence-corrected chi connectivity index (χ3v) is 8.59. The van der Waals surface area contributed by atoms with E-state index in [2.05, 4.69) is 82.2 Å². The molecule has 0 aliphatic heterocycles. The number of benzene rings is 2. The Morgan fingerprint density at radius 2 is 1.16 bits per heavy atom. The first-order valence-electron chi connectivity index (χ1n) is 11.9. The summed E-state index contributed by atoms with van der Waals surface area (Å²) in [6.45, 7) is 4.10. The van der Waals surface area contributed by atoms with Crippen molar-refractivity contribution in [2.45, 2.75) is 40.8 Å². The van der Waals surface area contributed by atoms with Crippen LogP contribution in [0, 0.1) is 0 Å². The predicted molar refractivity (Wildman–Crippen MR) is 207 cm³/mol. The Balaban J connectivity index is 0.000000635. The lowest BCUT2D eigenvalue weighted by atomic mass is 10.1. The fourth-order valence-corrected chi connectivity index (χ4v) is 5.72. The molecule has 0 saturated carbocycles. The predicted octanol–water partition coefficient (Wildman–Crippen LogP) is 10.9. The monoisotopic (exact) mass is 802 g/mol. The van der Waals surface area contributed by atoms with Crippen LogP contribution in [0.25, 0.3) is 20.4 Å². The minimum Gasteiger partial charge on any atom is -0.363 e. The summed E-state index contributed by atoms with van der Waals surface area (Å²) in [5.74, 6) is 0.890. The Labute approximate surface area is 298 Å². The molecule has 0 amide bonds. The van der Waals surface area contributed by atoms with Crippen LogP contribution in [0.15, 0.2) is 93.0 Å². The van der Waals surface area contributed by atoms with Crippen LogP contribution in [0.1, 0.15) is 51.9 Å². The van der Waals surface area contributed by atoms with E-state index in [9.17, 15) is 0 Å². The van der Waals surface area contributed by atoms with Crippen molar-refractivity contribution in [2.75, 3.05) is 5.32 Å². The summed E-state index contributed by atoms with van der Waals surface area (Å²) < 4.78 is 2.18. The highest BCUT2D eigenvalue weighted by Crippen LogP contribution is 2.27. The zero-order chi connectivity index (χ0) is 27.8. The first kappa shape index (κ1) is 41.2. The van der Waals surface area contributed by atoms with E-state index in [1.165, 1.54) is 17.5 Å². The molecule has 2 aromatic carbocycles. The van der Waals surface area contributed by atoms with Crippen LogP contribution in [-0.4, -0.2) is 19.9 Å². The molecule has 4 aromatic heterocycles. The topological polar surface area (TPSA) is 89.6 Å². The molecular formula is C30H37Br2ClN6S4. The number of nitrogens with zero attached hydrogens (tertiary/aromatic N) is 4. The largest absolute Gasteiger partial charge is 0.363 e. The van der Waals surface area contributed by atoms with Gasteiger partial charge >= 0.3 is 0 Å². The second kappa shape index (κ2) is 20.3. The standard InChI is InChI=1S/C14H12BrN3S.C8H10BrN.C6H3ClN2S.2CH4.2H2S/c1-9(10-2-4-11(15)5-3-10)18-13-12-6-7-19-14(12)17-8-16-13;1-6(10)7-2-4-8(9)5-3-7;7-5-4-1-2-10-6(4)9-3-8-5;;;;/h2-9H,1H3,(H,16,17,18);2-6H,10H2,1H3;1-3H;2*1H4;2*1H2/t9-;6-;;;;;/m00...../s1. The number of anilines is 1. The van der Waals surface area contributed by atoms with Crippen molar-refractivity contribution in [3.05, 3.63) is 109 Å². The molecule has 3 N–H and O–H groups in total. The van der Waals surface area contributed by atoms with Crippen LogP contribution < -0.4 is 11.1 Å². The van der Waals surface area contributed by atoms with E-state index >= 15 is 0 Å². The molecule has 2 atom stereocenters. The van der Waals surface area contributed by atoms with Gasteiger partial charge in [-0.05, 0) is 72.1 Å². The molecule has 232 valence electrons. The highest BCUT2D eigenvalue weighted by atomic mass is 79.9. The SMILES string of the molecule is C.C.C[C@H](N)c1ccc(Br)cc1.C[C@H](Nc1ncnc2sccc12)c1ccc(Br)cc1.Clc1ncnc2sccc12.S.S. The van der Waals surface area contributed by atoms with Crippen LogP contribution in [0.2, 0.25) is 5.15 Å². The summed E-state index contributed by atoms with van der Waals surface area (Å²) in [6, 6.07) is 20.7. The Morgan fingerprint density at radius 1 is 0.698 bits per heavy atom. The molecule has 0 aliphatic rings. The lowest BCUT2D eigenvalue weighted by Gasteiger charge is -2.15. The van der Waals surface area contributed by atoms with E-state index in [-0.39, 0.29) is 53.9 Å². The smallest absolute Gasteiger partial charge is 0.141 e. The minimum absolute atomic E-state index is 0. The van der Waals surface area contributed by atoms with Crippen molar-refractivity contribution in [3.8, 4) is 0 Å². The number of rotatable bonds is 4. The van der Waals surface area contributed by atoms with Gasteiger partial charge in [0.05, 0.1) is 5.39 Å². The number of hydrogen-bond donors (Lipinski definition) is 2. The van der Waals surface area contributed by atoms with Gasteiger partial charge in [0.25, 0.3) is 0 Å². The molecule has 13 heteroatoms. The first-order chi connectivity index (χ1) is 18.8. The molecule has 0 spiro atoms. The molecule has 0 bridgehead atoms. The van der Waals surface area contributed by atoms with Crippen molar-refractivity contribution in [2.24, 2.45) is 5.73 Å². The Bertz CT molecular complexity index is 1630. The van der Waals surface area contributed by atoms with Gasteiger partial charge in [0.1, 0.15) is 33.3 Å².